The number of aromatic nitrogens is 2. The van der Waals surface area contributed by atoms with Gasteiger partial charge in [0.2, 0.25) is 0 Å². The fraction of sp³-hybridized carbons (Fsp3) is 0.419. The van der Waals surface area contributed by atoms with E-state index in [0.29, 0.717) is 0 Å². The Morgan fingerprint density at radius 1 is 1.00 bits per heavy atom. The van der Waals surface area contributed by atoms with E-state index in [2.05, 4.69) is 67.1 Å². The molecule has 38 heavy (non-hydrogen) atoms. The highest BCUT2D eigenvalue weighted by Crippen LogP contribution is 2.40. The van der Waals surface area contributed by atoms with Gasteiger partial charge in [-0.3, -0.25) is 0 Å². The van der Waals surface area contributed by atoms with Gasteiger partial charge < -0.3 is 15.2 Å². The monoisotopic (exact) mass is 545 g/mol. The zero-order valence-electron chi connectivity index (χ0n) is 22.1. The second-order valence-electron chi connectivity index (χ2n) is 10.9. The van der Waals surface area contributed by atoms with Gasteiger partial charge in [-0.05, 0) is 87.6 Å². The van der Waals surface area contributed by atoms with Crippen LogP contribution in [0, 0.1) is 19.8 Å². The molecule has 4 atom stereocenters. The van der Waals surface area contributed by atoms with Crippen LogP contribution in [-0.2, 0) is 19.3 Å². The molecule has 0 saturated heterocycles. The zero-order valence-corrected chi connectivity index (χ0v) is 23.7. The summed E-state index contributed by atoms with van der Waals surface area (Å²) in [5.41, 5.74) is 11.6. The van der Waals surface area contributed by atoms with Crippen molar-refractivity contribution in [2.45, 2.75) is 76.5 Å². The van der Waals surface area contributed by atoms with Gasteiger partial charge in [0.1, 0.15) is 17.6 Å². The van der Waals surface area contributed by atoms with Crippen LogP contribution >= 0.6 is 22.7 Å². The van der Waals surface area contributed by atoms with Crippen LogP contribution in [0.4, 0.5) is 0 Å². The lowest BCUT2D eigenvalue weighted by Crippen LogP contribution is -2.55. The summed E-state index contributed by atoms with van der Waals surface area (Å²) >= 11 is 3.41. The van der Waals surface area contributed by atoms with Gasteiger partial charge in [-0.25, -0.2) is 9.97 Å². The number of fused-ring (bicyclic) bond motifs is 1. The Morgan fingerprint density at radius 2 is 1.76 bits per heavy atom. The van der Waals surface area contributed by atoms with Gasteiger partial charge in [-0.1, -0.05) is 30.3 Å². The first-order valence-corrected chi connectivity index (χ1v) is 15.3. The Labute approximate surface area is 233 Å². The molecule has 4 aromatic rings. The van der Waals surface area contributed by atoms with E-state index in [-0.39, 0.29) is 23.7 Å². The van der Waals surface area contributed by atoms with E-state index in [4.69, 9.17) is 25.2 Å². The van der Waals surface area contributed by atoms with Gasteiger partial charge in [0.25, 0.3) is 0 Å². The van der Waals surface area contributed by atoms with Crippen LogP contribution in [0.25, 0.3) is 0 Å². The summed E-state index contributed by atoms with van der Waals surface area (Å²) in [6, 6.07) is 16.8. The number of ether oxygens (including phenoxy) is 2. The number of rotatable bonds is 7. The third kappa shape index (κ3) is 5.65. The zero-order chi connectivity index (χ0) is 26.1. The lowest BCUT2D eigenvalue weighted by Gasteiger charge is -2.44. The van der Waals surface area contributed by atoms with Crippen molar-refractivity contribution >= 4 is 22.7 Å². The van der Waals surface area contributed by atoms with Crippen molar-refractivity contribution in [3.05, 3.63) is 91.8 Å². The van der Waals surface area contributed by atoms with Crippen molar-refractivity contribution in [3.8, 4) is 11.5 Å². The van der Waals surface area contributed by atoms with Gasteiger partial charge in [0, 0.05) is 22.7 Å². The minimum Gasteiger partial charge on any atom is -0.490 e. The van der Waals surface area contributed by atoms with Crippen molar-refractivity contribution in [1.29, 1.82) is 0 Å². The Bertz CT molecular complexity index is 1380. The number of aryl methyl sites for hydroxylation is 3. The summed E-state index contributed by atoms with van der Waals surface area (Å²) in [5, 5.41) is 6.54. The minimum atomic E-state index is -0.311. The lowest BCUT2D eigenvalue weighted by atomic mass is 9.68. The molecule has 2 N–H and O–H groups in total. The van der Waals surface area contributed by atoms with E-state index in [0.717, 1.165) is 77.8 Å². The molecular formula is C31H35N3O2S2. The first-order valence-electron chi connectivity index (χ1n) is 13.6. The van der Waals surface area contributed by atoms with Gasteiger partial charge in [0.05, 0.1) is 27.5 Å². The molecule has 1 aliphatic carbocycles. The highest BCUT2D eigenvalue weighted by atomic mass is 32.1. The number of thiazole rings is 2. The maximum absolute atomic E-state index is 7.18. The molecule has 2 aromatic heterocycles. The predicted molar refractivity (Wildman–Crippen MR) is 154 cm³/mol. The first kappa shape index (κ1) is 25.5. The van der Waals surface area contributed by atoms with Crippen LogP contribution in [0.5, 0.6) is 11.5 Å². The number of nitrogens with two attached hydrogens (primary N) is 1. The maximum atomic E-state index is 7.18. The molecule has 1 saturated carbocycles. The fourth-order valence-corrected chi connectivity index (χ4v) is 7.28. The van der Waals surface area contributed by atoms with Gasteiger partial charge in [0.15, 0.2) is 0 Å². The molecule has 2 aromatic carbocycles. The van der Waals surface area contributed by atoms with E-state index in [1.165, 1.54) is 11.1 Å². The molecule has 6 rings (SSSR count). The van der Waals surface area contributed by atoms with Crippen molar-refractivity contribution in [3.63, 3.8) is 0 Å². The van der Waals surface area contributed by atoms with Gasteiger partial charge in [-0.2, -0.15) is 0 Å². The maximum Gasteiger partial charge on any atom is 0.124 e. The van der Waals surface area contributed by atoms with E-state index in [1.54, 1.807) is 22.7 Å². The summed E-state index contributed by atoms with van der Waals surface area (Å²) in [7, 11) is 0. The second-order valence-corrected chi connectivity index (χ2v) is 13.0. The molecule has 0 radical (unpaired) electrons. The minimum absolute atomic E-state index is 0.114. The quantitative estimate of drug-likeness (QED) is 0.270. The summed E-state index contributed by atoms with van der Waals surface area (Å²) < 4.78 is 13.0. The molecular weight excluding hydrogens is 510 g/mol. The molecule has 0 bridgehead atoms. The molecule has 0 amide bonds. The third-order valence-electron chi connectivity index (χ3n) is 8.04. The van der Waals surface area contributed by atoms with Crippen LogP contribution in [0.3, 0.4) is 0 Å². The summed E-state index contributed by atoms with van der Waals surface area (Å²) in [4.78, 5) is 9.49. The number of hydrogen-bond donors (Lipinski definition) is 1. The summed E-state index contributed by atoms with van der Waals surface area (Å²) in [6.07, 6.45) is 6.66. The Kier molecular flexibility index (Phi) is 7.25. The molecule has 5 nitrogen and oxygen atoms in total. The Hall–Kier alpha value is -2.74. The van der Waals surface area contributed by atoms with E-state index >= 15 is 0 Å². The molecule has 4 unspecified atom stereocenters. The van der Waals surface area contributed by atoms with Crippen LogP contribution in [0.15, 0.2) is 59.3 Å². The summed E-state index contributed by atoms with van der Waals surface area (Å²) in [5.74, 6) is 2.17. The van der Waals surface area contributed by atoms with Crippen molar-refractivity contribution < 1.29 is 9.47 Å². The topological polar surface area (TPSA) is 70.3 Å². The van der Waals surface area contributed by atoms with E-state index < -0.39 is 0 Å². The highest BCUT2D eigenvalue weighted by Gasteiger charge is 2.42. The fourth-order valence-electron chi connectivity index (χ4n) is 6.04. The Morgan fingerprint density at radius 3 is 2.50 bits per heavy atom. The smallest absolute Gasteiger partial charge is 0.124 e. The largest absolute Gasteiger partial charge is 0.490 e. The Balaban J connectivity index is 1.16. The molecule has 0 spiro atoms. The van der Waals surface area contributed by atoms with Crippen LogP contribution in [-0.4, -0.2) is 21.6 Å². The third-order valence-corrected chi connectivity index (χ3v) is 9.69. The van der Waals surface area contributed by atoms with Crippen LogP contribution in [0.1, 0.15) is 64.3 Å². The van der Waals surface area contributed by atoms with E-state index in [1.807, 2.05) is 6.07 Å². The van der Waals surface area contributed by atoms with E-state index in [9.17, 15) is 0 Å². The number of hydrogen-bond acceptors (Lipinski definition) is 7. The van der Waals surface area contributed by atoms with Crippen LogP contribution in [0.2, 0.25) is 0 Å². The summed E-state index contributed by atoms with van der Waals surface area (Å²) in [6.45, 7) is 4.12. The normalized spacial score (nSPS) is 25.0. The van der Waals surface area contributed by atoms with Crippen molar-refractivity contribution in [2.75, 3.05) is 0 Å². The molecule has 2 aliphatic rings. The molecule has 7 heteroatoms. The predicted octanol–water partition coefficient (Wildman–Crippen LogP) is 7.01. The standard InChI is InChI=1S/C31H35N3O2S2/c1-20-33-25(18-37-20)15-24-16-28(12-13-31(24,32)17-26-19-38-21(2)34-26)35-27-9-11-30-23(14-27)8-10-29(36-30)22-6-4-3-5-7-22/h3-7,9,11,14,18-19,24,28-29H,8,10,12-13,15-17,32H2,1-2H3. The highest BCUT2D eigenvalue weighted by molar-refractivity contribution is 7.09. The van der Waals surface area contributed by atoms with Gasteiger partial charge >= 0.3 is 0 Å². The molecule has 1 fully saturated rings. The SMILES string of the molecule is Cc1nc(CC2CC(Oc3ccc4c(c3)CCC(c3ccccc3)O4)CCC2(N)Cc2csc(C)n2)cs1. The number of nitrogens with zero attached hydrogens (tertiary/aromatic N) is 2. The second kappa shape index (κ2) is 10.8. The average molecular weight is 546 g/mol. The molecule has 1 aliphatic heterocycles. The number of benzene rings is 2. The van der Waals surface area contributed by atoms with Crippen molar-refractivity contribution in [1.82, 2.24) is 9.97 Å². The molecule has 3 heterocycles. The molecule has 198 valence electrons. The average Bonchev–Trinajstić information content (AvgIpc) is 3.53. The van der Waals surface area contributed by atoms with Gasteiger partial charge in [-0.15, -0.1) is 22.7 Å². The lowest BCUT2D eigenvalue weighted by molar-refractivity contribution is 0.0684. The van der Waals surface area contributed by atoms with Crippen molar-refractivity contribution in [2.24, 2.45) is 11.7 Å². The van der Waals surface area contributed by atoms with Crippen LogP contribution < -0.4 is 15.2 Å². The first-order chi connectivity index (χ1) is 18.4.